The third kappa shape index (κ3) is 4.60. The van der Waals surface area contributed by atoms with Crippen molar-refractivity contribution in [3.8, 4) is 5.75 Å². The first-order chi connectivity index (χ1) is 10.2. The van der Waals surface area contributed by atoms with E-state index in [4.69, 9.17) is 0 Å². The molecule has 2 atom stereocenters. The molecule has 1 aromatic carbocycles. The van der Waals surface area contributed by atoms with Crippen LogP contribution in [-0.2, 0) is 11.2 Å². The van der Waals surface area contributed by atoms with Gasteiger partial charge in [-0.2, -0.15) is 0 Å². The van der Waals surface area contributed by atoms with Crippen molar-refractivity contribution in [3.63, 3.8) is 0 Å². The quantitative estimate of drug-likeness (QED) is 0.689. The van der Waals surface area contributed by atoms with Gasteiger partial charge in [0.1, 0.15) is 5.75 Å². The van der Waals surface area contributed by atoms with Crippen molar-refractivity contribution in [2.75, 3.05) is 14.2 Å². The summed E-state index contributed by atoms with van der Waals surface area (Å²) in [5.41, 5.74) is 2.61. The van der Waals surface area contributed by atoms with Crippen molar-refractivity contribution in [2.24, 2.45) is 17.3 Å². The summed E-state index contributed by atoms with van der Waals surface area (Å²) < 4.78 is 5.17. The second-order valence-corrected chi connectivity index (χ2v) is 7.77. The Bertz CT molecular complexity index is 508. The molecule has 1 unspecified atom stereocenters. The molecule has 0 saturated heterocycles. The van der Waals surface area contributed by atoms with Crippen molar-refractivity contribution >= 4 is 15.9 Å². The second kappa shape index (κ2) is 8.16. The fourth-order valence-corrected chi connectivity index (χ4v) is 3.50. The molecule has 0 radical (unpaired) electrons. The molecule has 3 heteroatoms. The van der Waals surface area contributed by atoms with Gasteiger partial charge in [-0.25, -0.2) is 0 Å². The summed E-state index contributed by atoms with van der Waals surface area (Å²) in [6.07, 6.45) is 3.23. The maximum Gasteiger partial charge on any atom is 0.119 e. The molecule has 1 fully saturated rings. The number of benzene rings is 1. The van der Waals surface area contributed by atoms with Gasteiger partial charge in [-0.1, -0.05) is 54.9 Å². The van der Waals surface area contributed by atoms with Crippen LogP contribution in [0.3, 0.4) is 0 Å². The Balaban J connectivity index is 0.000000745. The summed E-state index contributed by atoms with van der Waals surface area (Å²) >= 11 is 3.39. The molecular formula is C19H29BrO2. The van der Waals surface area contributed by atoms with Gasteiger partial charge in [0, 0.05) is 18.7 Å². The predicted octanol–water partition coefficient (Wildman–Crippen LogP) is 5.59. The van der Waals surface area contributed by atoms with E-state index in [9.17, 15) is 5.11 Å². The molecule has 0 amide bonds. The summed E-state index contributed by atoms with van der Waals surface area (Å²) in [5, 5.41) is 10.1. The molecule has 2 nitrogen and oxygen atoms in total. The Hall–Kier alpha value is -0.800. The summed E-state index contributed by atoms with van der Waals surface area (Å²) in [6, 6.07) is 5.79. The molecular weight excluding hydrogens is 340 g/mol. The monoisotopic (exact) mass is 368 g/mol. The first-order valence-electron chi connectivity index (χ1n) is 7.79. The maximum atomic E-state index is 10.1. The zero-order chi connectivity index (χ0) is 16.9. The van der Waals surface area contributed by atoms with Crippen molar-refractivity contribution in [1.29, 1.82) is 0 Å². The van der Waals surface area contributed by atoms with Crippen LogP contribution in [0.5, 0.6) is 5.75 Å². The number of halogens is 1. The summed E-state index contributed by atoms with van der Waals surface area (Å²) in [7, 11) is 3.25. The number of allylic oxidation sites excluding steroid dienone is 1. The van der Waals surface area contributed by atoms with Crippen molar-refractivity contribution < 1.29 is 9.84 Å². The molecule has 2 rings (SSSR count). The van der Waals surface area contributed by atoms with Crippen LogP contribution >= 0.6 is 15.9 Å². The Kier molecular flexibility index (Phi) is 7.14. The molecule has 0 spiro atoms. The average Bonchev–Trinajstić information content (AvgIpc) is 2.42. The van der Waals surface area contributed by atoms with E-state index < -0.39 is 0 Å². The highest BCUT2D eigenvalue weighted by Crippen LogP contribution is 2.48. The van der Waals surface area contributed by atoms with E-state index >= 15 is 0 Å². The van der Waals surface area contributed by atoms with Crippen LogP contribution in [0.4, 0.5) is 0 Å². The predicted molar refractivity (Wildman–Crippen MR) is 97.3 cm³/mol. The molecule has 0 heterocycles. The number of rotatable bonds is 2. The highest BCUT2D eigenvalue weighted by atomic mass is 79.9. The number of hydrogen-bond acceptors (Lipinski definition) is 2. The fraction of sp³-hybridized carbons (Fsp3) is 0.579. The van der Waals surface area contributed by atoms with E-state index in [1.165, 1.54) is 12.0 Å². The van der Waals surface area contributed by atoms with Gasteiger partial charge in [-0.05, 0) is 54.2 Å². The van der Waals surface area contributed by atoms with Crippen LogP contribution < -0.4 is 0 Å². The first-order valence-corrected chi connectivity index (χ1v) is 8.58. The minimum absolute atomic E-state index is 0.245. The zero-order valence-electron chi connectivity index (χ0n) is 14.4. The molecule has 124 valence electrons. The van der Waals surface area contributed by atoms with Gasteiger partial charge in [0.2, 0.25) is 0 Å². The van der Waals surface area contributed by atoms with Gasteiger partial charge in [-0.15, -0.1) is 0 Å². The van der Waals surface area contributed by atoms with Gasteiger partial charge in [-0.3, -0.25) is 0 Å². The van der Waals surface area contributed by atoms with Gasteiger partial charge < -0.3 is 9.84 Å². The number of ether oxygens (including phenoxy) is 1. The Morgan fingerprint density at radius 3 is 2.50 bits per heavy atom. The highest BCUT2D eigenvalue weighted by Gasteiger charge is 2.39. The number of hydrogen-bond donors (Lipinski definition) is 1. The summed E-state index contributed by atoms with van der Waals surface area (Å²) in [4.78, 5) is 0. The average molecular weight is 369 g/mol. The second-order valence-electron chi connectivity index (χ2n) is 6.86. The van der Waals surface area contributed by atoms with Gasteiger partial charge >= 0.3 is 0 Å². The van der Waals surface area contributed by atoms with Gasteiger partial charge in [0.15, 0.2) is 0 Å². The van der Waals surface area contributed by atoms with Crippen molar-refractivity contribution in [2.45, 2.75) is 40.0 Å². The lowest BCUT2D eigenvalue weighted by Crippen LogP contribution is -2.37. The SMILES string of the molecule is C=C1CCC(C)C(C)(C)[C@@H]1Cc1ccc(Br)cc1O.COC. The molecule has 1 saturated carbocycles. The number of phenolic OH excluding ortho intramolecular Hbond substituents is 1. The Morgan fingerprint density at radius 2 is 1.95 bits per heavy atom. The molecule has 22 heavy (non-hydrogen) atoms. The third-order valence-corrected chi connectivity index (χ3v) is 5.52. The lowest BCUT2D eigenvalue weighted by Gasteiger charge is -2.45. The molecule has 1 aliphatic rings. The van der Waals surface area contributed by atoms with Gasteiger partial charge in [0.05, 0.1) is 0 Å². The Labute approximate surface area is 143 Å². The van der Waals surface area contributed by atoms with E-state index in [-0.39, 0.29) is 5.41 Å². The number of phenols is 1. The summed E-state index contributed by atoms with van der Waals surface area (Å²) in [5.74, 6) is 1.53. The van der Waals surface area contributed by atoms with Gasteiger partial charge in [0.25, 0.3) is 0 Å². The minimum atomic E-state index is 0.245. The van der Waals surface area contributed by atoms with Crippen LogP contribution in [-0.4, -0.2) is 19.3 Å². The van der Waals surface area contributed by atoms with Crippen molar-refractivity contribution in [3.05, 3.63) is 40.4 Å². The zero-order valence-corrected chi connectivity index (χ0v) is 16.0. The molecule has 1 aromatic rings. The molecule has 0 aromatic heterocycles. The van der Waals surface area contributed by atoms with Crippen LogP contribution in [0.15, 0.2) is 34.8 Å². The lowest BCUT2D eigenvalue weighted by molar-refractivity contribution is 0.112. The fourth-order valence-electron chi connectivity index (χ4n) is 3.15. The largest absolute Gasteiger partial charge is 0.508 e. The molecule has 0 aliphatic heterocycles. The summed E-state index contributed by atoms with van der Waals surface area (Å²) in [6.45, 7) is 11.3. The van der Waals surface area contributed by atoms with Crippen molar-refractivity contribution in [1.82, 2.24) is 0 Å². The van der Waals surface area contributed by atoms with E-state index in [2.05, 4.69) is 48.0 Å². The molecule has 0 bridgehead atoms. The maximum absolute atomic E-state index is 10.1. The molecule has 1 N–H and O–H groups in total. The first kappa shape index (κ1) is 19.2. The molecule has 1 aliphatic carbocycles. The van der Waals surface area contributed by atoms with E-state index in [0.29, 0.717) is 17.6 Å². The highest BCUT2D eigenvalue weighted by molar-refractivity contribution is 9.10. The minimum Gasteiger partial charge on any atom is -0.508 e. The number of methoxy groups -OCH3 is 1. The van der Waals surface area contributed by atoms with Crippen LogP contribution in [0, 0.1) is 17.3 Å². The van der Waals surface area contributed by atoms with Crippen LogP contribution in [0.1, 0.15) is 39.2 Å². The normalized spacial score (nSPS) is 23.6. The lowest BCUT2D eigenvalue weighted by atomic mass is 9.60. The Morgan fingerprint density at radius 1 is 1.36 bits per heavy atom. The van der Waals surface area contributed by atoms with E-state index in [0.717, 1.165) is 22.9 Å². The van der Waals surface area contributed by atoms with E-state index in [1.807, 2.05) is 12.1 Å². The standard InChI is InChI=1S/C17H23BrO.C2H6O/c1-11-5-6-12(2)17(3,4)15(11)9-13-7-8-14(18)10-16(13)19;1-3-2/h7-8,10,12,15,19H,1,5-6,9H2,2-4H3;1-2H3/t12?,15-;/m1./s1. The topological polar surface area (TPSA) is 29.5 Å². The number of aromatic hydroxyl groups is 1. The third-order valence-electron chi connectivity index (χ3n) is 5.03. The van der Waals surface area contributed by atoms with E-state index in [1.54, 1.807) is 20.3 Å². The van der Waals surface area contributed by atoms with Crippen LogP contribution in [0.2, 0.25) is 0 Å². The smallest absolute Gasteiger partial charge is 0.119 e. The van der Waals surface area contributed by atoms with Crippen LogP contribution in [0.25, 0.3) is 0 Å².